The second-order valence-electron chi connectivity index (χ2n) is 6.55. The number of nitrogens with one attached hydrogen (secondary N) is 2. The molecule has 1 amide bonds. The molecule has 7 heteroatoms. The summed E-state index contributed by atoms with van der Waals surface area (Å²) in [5.74, 6) is 0.343. The van der Waals surface area contributed by atoms with Crippen LogP contribution in [0.5, 0.6) is 0 Å². The van der Waals surface area contributed by atoms with Crippen molar-refractivity contribution in [2.24, 2.45) is 0 Å². The number of hydrogen-bond donors (Lipinski definition) is 2. The van der Waals surface area contributed by atoms with Gasteiger partial charge < -0.3 is 5.32 Å². The SMILES string of the molecule is CC(C)(C)n1cc(C(=O)Nc2n[nH]c(C3CC3)c2C#N)cn1. The zero-order valence-electron chi connectivity index (χ0n) is 12.8. The number of hydrogen-bond acceptors (Lipinski definition) is 4. The van der Waals surface area contributed by atoms with Crippen molar-refractivity contribution < 1.29 is 4.79 Å². The topological polar surface area (TPSA) is 99.4 Å². The largest absolute Gasteiger partial charge is 0.304 e. The van der Waals surface area contributed by atoms with Gasteiger partial charge in [0.1, 0.15) is 11.6 Å². The minimum absolute atomic E-state index is 0.193. The van der Waals surface area contributed by atoms with Gasteiger partial charge in [0.15, 0.2) is 5.82 Å². The van der Waals surface area contributed by atoms with E-state index >= 15 is 0 Å². The van der Waals surface area contributed by atoms with Crippen molar-refractivity contribution in [3.8, 4) is 6.07 Å². The minimum atomic E-state index is -0.319. The molecule has 2 aromatic rings. The van der Waals surface area contributed by atoms with Gasteiger partial charge in [-0.1, -0.05) is 0 Å². The number of rotatable bonds is 3. The molecule has 0 spiro atoms. The Bertz CT molecular complexity index is 754. The quantitative estimate of drug-likeness (QED) is 0.908. The standard InChI is InChI=1S/C15H18N6O/c1-15(2,3)21-8-10(7-17-21)14(22)18-13-11(6-16)12(19-20-13)9-4-5-9/h7-9H,4-5H2,1-3H3,(H2,18,19,20,22). The van der Waals surface area contributed by atoms with Crippen LogP contribution in [-0.4, -0.2) is 25.9 Å². The van der Waals surface area contributed by atoms with Crippen LogP contribution in [0.4, 0.5) is 5.82 Å². The third kappa shape index (κ3) is 2.60. The molecule has 22 heavy (non-hydrogen) atoms. The van der Waals surface area contributed by atoms with Gasteiger partial charge in [-0.05, 0) is 33.6 Å². The van der Waals surface area contributed by atoms with E-state index in [2.05, 4.69) is 26.7 Å². The Labute approximate surface area is 128 Å². The van der Waals surface area contributed by atoms with E-state index in [-0.39, 0.29) is 17.3 Å². The molecule has 0 bridgehead atoms. The molecule has 1 aliphatic rings. The van der Waals surface area contributed by atoms with Gasteiger partial charge in [-0.3, -0.25) is 14.6 Å². The van der Waals surface area contributed by atoms with Crippen LogP contribution < -0.4 is 5.32 Å². The fraction of sp³-hybridized carbons (Fsp3) is 0.467. The second-order valence-corrected chi connectivity index (χ2v) is 6.55. The van der Waals surface area contributed by atoms with Crippen LogP contribution in [0.25, 0.3) is 0 Å². The van der Waals surface area contributed by atoms with E-state index in [1.807, 2.05) is 20.8 Å². The Morgan fingerprint density at radius 3 is 2.77 bits per heavy atom. The lowest BCUT2D eigenvalue weighted by Gasteiger charge is -2.18. The summed E-state index contributed by atoms with van der Waals surface area (Å²) in [4.78, 5) is 12.3. The number of nitriles is 1. The lowest BCUT2D eigenvalue weighted by molar-refractivity contribution is 0.102. The smallest absolute Gasteiger partial charge is 0.260 e. The Kier molecular flexibility index (Phi) is 3.24. The molecule has 0 aliphatic heterocycles. The number of carbonyl (C=O) groups excluding carboxylic acids is 1. The molecule has 1 saturated carbocycles. The highest BCUT2D eigenvalue weighted by Crippen LogP contribution is 2.41. The highest BCUT2D eigenvalue weighted by Gasteiger charge is 2.30. The Morgan fingerprint density at radius 1 is 1.50 bits per heavy atom. The van der Waals surface area contributed by atoms with Crippen molar-refractivity contribution in [1.29, 1.82) is 5.26 Å². The molecule has 0 saturated heterocycles. The second kappa shape index (κ2) is 4.98. The van der Waals surface area contributed by atoms with Gasteiger partial charge in [-0.2, -0.15) is 15.5 Å². The monoisotopic (exact) mass is 298 g/mol. The molecule has 0 atom stereocenters. The van der Waals surface area contributed by atoms with Crippen LogP contribution >= 0.6 is 0 Å². The van der Waals surface area contributed by atoms with E-state index in [1.54, 1.807) is 10.9 Å². The molecule has 2 aromatic heterocycles. The summed E-state index contributed by atoms with van der Waals surface area (Å²) < 4.78 is 1.73. The van der Waals surface area contributed by atoms with Gasteiger partial charge in [-0.15, -0.1) is 0 Å². The van der Waals surface area contributed by atoms with Crippen LogP contribution in [0.1, 0.15) is 61.1 Å². The summed E-state index contributed by atoms with van der Waals surface area (Å²) >= 11 is 0. The number of amides is 1. The zero-order valence-corrected chi connectivity index (χ0v) is 12.8. The molecule has 2 heterocycles. The normalized spacial score (nSPS) is 14.6. The van der Waals surface area contributed by atoms with Gasteiger partial charge in [0.05, 0.1) is 23.0 Å². The number of aromatic amines is 1. The maximum absolute atomic E-state index is 12.3. The first-order valence-electron chi connectivity index (χ1n) is 7.25. The lowest BCUT2D eigenvalue weighted by Crippen LogP contribution is -2.22. The number of nitrogens with zero attached hydrogens (tertiary/aromatic N) is 4. The first-order chi connectivity index (χ1) is 10.4. The summed E-state index contributed by atoms with van der Waals surface area (Å²) in [6.07, 6.45) is 5.32. The van der Waals surface area contributed by atoms with E-state index < -0.39 is 0 Å². The first kappa shape index (κ1) is 14.3. The van der Waals surface area contributed by atoms with Crippen LogP contribution in [0, 0.1) is 11.3 Å². The molecular weight excluding hydrogens is 280 g/mol. The van der Waals surface area contributed by atoms with Gasteiger partial charge in [0.25, 0.3) is 5.91 Å². The van der Waals surface area contributed by atoms with Crippen molar-refractivity contribution >= 4 is 11.7 Å². The van der Waals surface area contributed by atoms with E-state index in [1.165, 1.54) is 6.20 Å². The lowest BCUT2D eigenvalue weighted by atomic mass is 10.1. The molecule has 7 nitrogen and oxygen atoms in total. The van der Waals surface area contributed by atoms with Gasteiger partial charge in [0.2, 0.25) is 0 Å². The highest BCUT2D eigenvalue weighted by atomic mass is 16.1. The van der Waals surface area contributed by atoms with Gasteiger partial charge >= 0.3 is 0 Å². The Balaban J connectivity index is 1.80. The Morgan fingerprint density at radius 2 is 2.23 bits per heavy atom. The number of carbonyl (C=O) groups is 1. The third-order valence-corrected chi connectivity index (χ3v) is 3.66. The molecule has 1 fully saturated rings. The van der Waals surface area contributed by atoms with E-state index in [0.29, 0.717) is 17.0 Å². The zero-order chi connectivity index (χ0) is 15.9. The van der Waals surface area contributed by atoms with Gasteiger partial charge in [-0.25, -0.2) is 0 Å². The number of anilines is 1. The van der Waals surface area contributed by atoms with Crippen molar-refractivity contribution in [1.82, 2.24) is 20.0 Å². The summed E-state index contributed by atoms with van der Waals surface area (Å²) in [7, 11) is 0. The summed E-state index contributed by atoms with van der Waals surface area (Å²) in [6.45, 7) is 6.02. The molecule has 0 aromatic carbocycles. The van der Waals surface area contributed by atoms with Crippen LogP contribution in [0.15, 0.2) is 12.4 Å². The summed E-state index contributed by atoms with van der Waals surface area (Å²) in [5.41, 5.74) is 1.50. The molecule has 1 aliphatic carbocycles. The average molecular weight is 298 g/mol. The molecule has 114 valence electrons. The van der Waals surface area contributed by atoms with Gasteiger partial charge in [0, 0.05) is 12.1 Å². The molecule has 0 unspecified atom stereocenters. The number of aromatic nitrogens is 4. The van der Waals surface area contributed by atoms with Crippen molar-refractivity contribution in [2.75, 3.05) is 5.32 Å². The summed E-state index contributed by atoms with van der Waals surface area (Å²) in [5, 5.41) is 23.1. The van der Waals surface area contributed by atoms with Crippen LogP contribution in [-0.2, 0) is 5.54 Å². The van der Waals surface area contributed by atoms with Crippen molar-refractivity contribution in [3.05, 3.63) is 29.2 Å². The predicted octanol–water partition coefficient (Wildman–Crippen LogP) is 2.36. The fourth-order valence-corrected chi connectivity index (χ4v) is 2.21. The highest BCUT2D eigenvalue weighted by molar-refractivity contribution is 6.04. The number of H-pyrrole nitrogens is 1. The van der Waals surface area contributed by atoms with E-state index in [4.69, 9.17) is 0 Å². The van der Waals surface area contributed by atoms with E-state index in [0.717, 1.165) is 18.5 Å². The maximum atomic E-state index is 12.3. The van der Waals surface area contributed by atoms with Crippen LogP contribution in [0.3, 0.4) is 0 Å². The maximum Gasteiger partial charge on any atom is 0.260 e. The molecule has 3 rings (SSSR count). The van der Waals surface area contributed by atoms with Crippen molar-refractivity contribution in [2.45, 2.75) is 45.1 Å². The molecule has 2 N–H and O–H groups in total. The summed E-state index contributed by atoms with van der Waals surface area (Å²) in [6, 6.07) is 2.12. The fourth-order valence-electron chi connectivity index (χ4n) is 2.21. The average Bonchev–Trinajstić information content (AvgIpc) is 3.02. The third-order valence-electron chi connectivity index (χ3n) is 3.66. The predicted molar refractivity (Wildman–Crippen MR) is 80.5 cm³/mol. The first-order valence-corrected chi connectivity index (χ1v) is 7.25. The van der Waals surface area contributed by atoms with Crippen molar-refractivity contribution in [3.63, 3.8) is 0 Å². The molecule has 0 radical (unpaired) electrons. The van der Waals surface area contributed by atoms with Crippen LogP contribution in [0.2, 0.25) is 0 Å². The molecular formula is C15H18N6O. The Hall–Kier alpha value is -2.62. The minimum Gasteiger partial charge on any atom is -0.304 e. The van der Waals surface area contributed by atoms with E-state index in [9.17, 15) is 10.1 Å².